The zero-order valence-corrected chi connectivity index (χ0v) is 17.7. The standard InChI is InChI=1S/C23H28N2O5/c1-25(14-16-6-8-18(27-2)20(12-16)28-3)15-22(26)24-17-7-9-19-21(13-17)30-23(29-19)10-4-5-11-23/h6-9,12-13H,4-5,10-11,14-15H2,1-3H3,(H,24,26). The van der Waals surface area contributed by atoms with E-state index in [0.717, 1.165) is 37.0 Å². The van der Waals surface area contributed by atoms with Crippen LogP contribution in [0.2, 0.25) is 0 Å². The maximum atomic E-state index is 12.5. The number of amides is 1. The van der Waals surface area contributed by atoms with Crippen LogP contribution in [-0.4, -0.2) is 44.4 Å². The second kappa shape index (κ2) is 8.44. The number of fused-ring (bicyclic) bond motifs is 1. The molecular weight excluding hydrogens is 384 g/mol. The fraction of sp³-hybridized carbons (Fsp3) is 0.435. The number of likely N-dealkylation sites (N-methyl/N-ethyl adjacent to an activating group) is 1. The maximum Gasteiger partial charge on any atom is 0.251 e. The molecule has 1 aliphatic carbocycles. The fourth-order valence-electron chi connectivity index (χ4n) is 4.08. The monoisotopic (exact) mass is 412 g/mol. The minimum absolute atomic E-state index is 0.0904. The van der Waals surface area contributed by atoms with Crippen LogP contribution in [-0.2, 0) is 11.3 Å². The molecule has 1 N–H and O–H groups in total. The number of nitrogens with one attached hydrogen (secondary N) is 1. The van der Waals surface area contributed by atoms with Crippen LogP contribution >= 0.6 is 0 Å². The van der Waals surface area contributed by atoms with Crippen molar-refractivity contribution in [3.8, 4) is 23.0 Å². The summed E-state index contributed by atoms with van der Waals surface area (Å²) >= 11 is 0. The Labute approximate surface area is 176 Å². The summed E-state index contributed by atoms with van der Waals surface area (Å²) in [4.78, 5) is 14.5. The number of nitrogens with zero attached hydrogens (tertiary/aromatic N) is 1. The largest absolute Gasteiger partial charge is 0.493 e. The van der Waals surface area contributed by atoms with E-state index in [2.05, 4.69) is 5.32 Å². The summed E-state index contributed by atoms with van der Waals surface area (Å²) in [6.07, 6.45) is 4.04. The number of carbonyl (C=O) groups is 1. The molecule has 0 aromatic heterocycles. The molecule has 0 bridgehead atoms. The maximum absolute atomic E-state index is 12.5. The Kier molecular flexibility index (Phi) is 5.72. The van der Waals surface area contributed by atoms with Crippen LogP contribution in [0, 0.1) is 0 Å². The molecule has 0 radical (unpaired) electrons. The predicted molar refractivity (Wildman–Crippen MR) is 113 cm³/mol. The first-order valence-corrected chi connectivity index (χ1v) is 10.2. The Morgan fingerprint density at radius 2 is 1.77 bits per heavy atom. The van der Waals surface area contributed by atoms with Crippen molar-refractivity contribution in [1.82, 2.24) is 4.90 Å². The number of ether oxygens (including phenoxy) is 4. The Balaban J connectivity index is 1.33. The van der Waals surface area contributed by atoms with Gasteiger partial charge in [0.15, 0.2) is 23.0 Å². The molecule has 1 spiro atoms. The van der Waals surface area contributed by atoms with Gasteiger partial charge in [-0.25, -0.2) is 0 Å². The van der Waals surface area contributed by atoms with Crippen LogP contribution in [0.1, 0.15) is 31.2 Å². The number of rotatable bonds is 7. The first-order valence-electron chi connectivity index (χ1n) is 10.2. The van der Waals surface area contributed by atoms with E-state index in [0.29, 0.717) is 29.5 Å². The second-order valence-electron chi connectivity index (χ2n) is 7.89. The van der Waals surface area contributed by atoms with Crippen molar-refractivity contribution in [3.05, 3.63) is 42.0 Å². The summed E-state index contributed by atoms with van der Waals surface area (Å²) in [5.41, 5.74) is 1.74. The molecule has 0 saturated heterocycles. The van der Waals surface area contributed by atoms with Gasteiger partial charge in [-0.05, 0) is 49.7 Å². The van der Waals surface area contributed by atoms with E-state index in [1.54, 1.807) is 14.2 Å². The summed E-state index contributed by atoms with van der Waals surface area (Å²) < 4.78 is 22.7. The highest BCUT2D eigenvalue weighted by atomic mass is 16.7. The van der Waals surface area contributed by atoms with Gasteiger partial charge in [0.25, 0.3) is 5.79 Å². The molecule has 1 amide bonds. The minimum Gasteiger partial charge on any atom is -0.493 e. The number of carbonyl (C=O) groups excluding carboxylic acids is 1. The molecule has 4 rings (SSSR count). The zero-order valence-electron chi connectivity index (χ0n) is 17.7. The van der Waals surface area contributed by atoms with Crippen LogP contribution in [0.25, 0.3) is 0 Å². The third kappa shape index (κ3) is 4.31. The number of anilines is 1. The lowest BCUT2D eigenvalue weighted by molar-refractivity contribution is -0.117. The van der Waals surface area contributed by atoms with E-state index in [-0.39, 0.29) is 12.5 Å². The Morgan fingerprint density at radius 1 is 1.03 bits per heavy atom. The topological polar surface area (TPSA) is 69.3 Å². The van der Waals surface area contributed by atoms with Crippen molar-refractivity contribution in [1.29, 1.82) is 0 Å². The third-order valence-corrected chi connectivity index (χ3v) is 5.50. The summed E-state index contributed by atoms with van der Waals surface area (Å²) in [5, 5.41) is 2.95. The van der Waals surface area contributed by atoms with Crippen LogP contribution in [0.5, 0.6) is 23.0 Å². The molecule has 2 aromatic carbocycles. The quantitative estimate of drug-likeness (QED) is 0.746. The Hall–Kier alpha value is -2.93. The average molecular weight is 412 g/mol. The van der Waals surface area contributed by atoms with Crippen LogP contribution in [0.4, 0.5) is 5.69 Å². The molecular formula is C23H28N2O5. The molecule has 2 aromatic rings. The lowest BCUT2D eigenvalue weighted by Gasteiger charge is -2.21. The lowest BCUT2D eigenvalue weighted by Crippen LogP contribution is -2.34. The molecule has 2 aliphatic rings. The molecule has 160 valence electrons. The molecule has 1 saturated carbocycles. The van der Waals surface area contributed by atoms with Crippen LogP contribution < -0.4 is 24.3 Å². The summed E-state index contributed by atoms with van der Waals surface area (Å²) in [5.74, 6) is 2.23. The first kappa shape index (κ1) is 20.3. The molecule has 1 aliphatic heterocycles. The third-order valence-electron chi connectivity index (χ3n) is 5.50. The van der Waals surface area contributed by atoms with E-state index in [1.807, 2.05) is 48.3 Å². The number of benzene rings is 2. The zero-order chi connectivity index (χ0) is 21.1. The Morgan fingerprint density at radius 3 is 2.50 bits per heavy atom. The summed E-state index contributed by atoms with van der Waals surface area (Å²) in [6, 6.07) is 11.3. The average Bonchev–Trinajstić information content (AvgIpc) is 3.33. The van der Waals surface area contributed by atoms with E-state index >= 15 is 0 Å². The molecule has 1 fully saturated rings. The summed E-state index contributed by atoms with van der Waals surface area (Å²) in [7, 11) is 5.12. The van der Waals surface area contributed by atoms with Crippen molar-refractivity contribution in [2.75, 3.05) is 33.1 Å². The first-order chi connectivity index (χ1) is 14.5. The molecule has 7 nitrogen and oxygen atoms in total. The van der Waals surface area contributed by atoms with E-state index < -0.39 is 5.79 Å². The highest BCUT2D eigenvalue weighted by Crippen LogP contribution is 2.47. The number of hydrogen-bond donors (Lipinski definition) is 1. The molecule has 1 heterocycles. The SMILES string of the molecule is COc1ccc(CN(C)CC(=O)Nc2ccc3c(c2)OC2(CCCC2)O3)cc1OC. The molecule has 0 unspecified atom stereocenters. The molecule has 7 heteroatoms. The van der Waals surface area contributed by atoms with Gasteiger partial charge in [-0.15, -0.1) is 0 Å². The van der Waals surface area contributed by atoms with E-state index in [4.69, 9.17) is 18.9 Å². The van der Waals surface area contributed by atoms with Gasteiger partial charge in [0, 0.05) is 31.1 Å². The van der Waals surface area contributed by atoms with Crippen LogP contribution in [0.3, 0.4) is 0 Å². The van der Waals surface area contributed by atoms with Gasteiger partial charge in [0.2, 0.25) is 5.91 Å². The second-order valence-corrected chi connectivity index (χ2v) is 7.89. The highest BCUT2D eigenvalue weighted by molar-refractivity contribution is 5.92. The van der Waals surface area contributed by atoms with Crippen molar-refractivity contribution < 1.29 is 23.7 Å². The van der Waals surface area contributed by atoms with Gasteiger partial charge in [0.05, 0.1) is 20.8 Å². The van der Waals surface area contributed by atoms with Gasteiger partial charge < -0.3 is 24.3 Å². The predicted octanol–water partition coefficient (Wildman–Crippen LogP) is 3.82. The number of methoxy groups -OCH3 is 2. The van der Waals surface area contributed by atoms with Crippen molar-refractivity contribution >= 4 is 11.6 Å². The Bertz CT molecular complexity index is 924. The summed E-state index contributed by atoms with van der Waals surface area (Å²) in [6.45, 7) is 0.865. The minimum atomic E-state index is -0.495. The normalized spacial score (nSPS) is 16.1. The lowest BCUT2D eigenvalue weighted by atomic mass is 10.2. The number of hydrogen-bond acceptors (Lipinski definition) is 6. The van der Waals surface area contributed by atoms with Gasteiger partial charge in [-0.3, -0.25) is 9.69 Å². The van der Waals surface area contributed by atoms with Gasteiger partial charge in [-0.1, -0.05) is 6.07 Å². The highest BCUT2D eigenvalue weighted by Gasteiger charge is 2.44. The van der Waals surface area contributed by atoms with Gasteiger partial charge in [-0.2, -0.15) is 0 Å². The smallest absolute Gasteiger partial charge is 0.251 e. The molecule has 0 atom stereocenters. The van der Waals surface area contributed by atoms with Crippen molar-refractivity contribution in [2.24, 2.45) is 0 Å². The molecule has 30 heavy (non-hydrogen) atoms. The van der Waals surface area contributed by atoms with E-state index in [1.165, 1.54) is 0 Å². The van der Waals surface area contributed by atoms with Crippen molar-refractivity contribution in [3.63, 3.8) is 0 Å². The van der Waals surface area contributed by atoms with Crippen molar-refractivity contribution in [2.45, 2.75) is 38.0 Å². The van der Waals surface area contributed by atoms with Gasteiger partial charge in [0.1, 0.15) is 0 Å². The van der Waals surface area contributed by atoms with E-state index in [9.17, 15) is 4.79 Å². The van der Waals surface area contributed by atoms with Crippen LogP contribution in [0.15, 0.2) is 36.4 Å². The van der Waals surface area contributed by atoms with Gasteiger partial charge >= 0.3 is 0 Å². The fourth-order valence-corrected chi connectivity index (χ4v) is 4.08.